The largest absolute Gasteiger partial charge is 0.372 e. The van der Waals surface area contributed by atoms with Gasteiger partial charge < -0.3 is 4.90 Å². The first-order chi connectivity index (χ1) is 10.6. The molecule has 2 aromatic carbocycles. The zero-order chi connectivity index (χ0) is 15.6. The quantitative estimate of drug-likeness (QED) is 0.941. The van der Waals surface area contributed by atoms with Gasteiger partial charge >= 0.3 is 0 Å². The third-order valence-corrected chi connectivity index (χ3v) is 5.13. The van der Waals surface area contributed by atoms with Gasteiger partial charge in [0.05, 0.1) is 0 Å². The highest BCUT2D eigenvalue weighted by atomic mass is 32.2. The Kier molecular flexibility index (Phi) is 4.02. The maximum atomic E-state index is 13.6. The van der Waals surface area contributed by atoms with Crippen LogP contribution in [-0.2, 0) is 10.0 Å². The summed E-state index contributed by atoms with van der Waals surface area (Å²) in [5.74, 6) is -0.760. The van der Waals surface area contributed by atoms with Crippen LogP contribution >= 0.6 is 0 Å². The van der Waals surface area contributed by atoms with Crippen molar-refractivity contribution >= 4 is 21.4 Å². The minimum absolute atomic E-state index is 0.349. The van der Waals surface area contributed by atoms with Gasteiger partial charge in [-0.05, 0) is 49.2 Å². The smallest absolute Gasteiger partial charge is 0.264 e. The van der Waals surface area contributed by atoms with Crippen LogP contribution in [0.1, 0.15) is 12.8 Å². The van der Waals surface area contributed by atoms with E-state index in [1.807, 2.05) is 12.1 Å². The van der Waals surface area contributed by atoms with Crippen LogP contribution in [-0.4, -0.2) is 21.5 Å². The molecule has 116 valence electrons. The van der Waals surface area contributed by atoms with E-state index in [9.17, 15) is 12.8 Å². The van der Waals surface area contributed by atoms with Crippen molar-refractivity contribution in [3.8, 4) is 0 Å². The topological polar surface area (TPSA) is 49.4 Å². The van der Waals surface area contributed by atoms with Crippen molar-refractivity contribution in [2.24, 2.45) is 0 Å². The van der Waals surface area contributed by atoms with E-state index >= 15 is 0 Å². The lowest BCUT2D eigenvalue weighted by Gasteiger charge is -2.18. The Balaban J connectivity index is 1.79. The molecule has 1 aliphatic rings. The maximum absolute atomic E-state index is 13.6. The van der Waals surface area contributed by atoms with Gasteiger partial charge in [-0.1, -0.05) is 12.1 Å². The molecular formula is C16H17FN2O2S. The van der Waals surface area contributed by atoms with Gasteiger partial charge in [0.2, 0.25) is 0 Å². The van der Waals surface area contributed by atoms with Gasteiger partial charge in [0.1, 0.15) is 10.7 Å². The third-order valence-electron chi connectivity index (χ3n) is 3.72. The van der Waals surface area contributed by atoms with Crippen LogP contribution in [0.2, 0.25) is 0 Å². The van der Waals surface area contributed by atoms with Crippen LogP contribution in [0.4, 0.5) is 15.8 Å². The van der Waals surface area contributed by atoms with Gasteiger partial charge in [-0.15, -0.1) is 0 Å². The summed E-state index contributed by atoms with van der Waals surface area (Å²) in [5, 5.41) is 0. The normalized spacial score (nSPS) is 15.0. The van der Waals surface area contributed by atoms with Crippen molar-refractivity contribution in [1.82, 2.24) is 0 Å². The Morgan fingerprint density at radius 3 is 2.23 bits per heavy atom. The average molecular weight is 320 g/mol. The van der Waals surface area contributed by atoms with Crippen molar-refractivity contribution in [2.45, 2.75) is 17.7 Å². The molecular weight excluding hydrogens is 303 g/mol. The van der Waals surface area contributed by atoms with E-state index in [2.05, 4.69) is 9.62 Å². The molecule has 0 aromatic heterocycles. The van der Waals surface area contributed by atoms with Crippen molar-refractivity contribution in [1.29, 1.82) is 0 Å². The van der Waals surface area contributed by atoms with Crippen LogP contribution in [0.5, 0.6) is 0 Å². The second-order valence-corrected chi connectivity index (χ2v) is 6.93. The SMILES string of the molecule is O=S(=O)(Nc1ccc(N2CCCC2)cc1)c1ccccc1F. The molecule has 0 saturated carbocycles. The molecule has 0 amide bonds. The van der Waals surface area contributed by atoms with E-state index < -0.39 is 15.8 Å². The highest BCUT2D eigenvalue weighted by molar-refractivity contribution is 7.92. The van der Waals surface area contributed by atoms with Gasteiger partial charge in [-0.25, -0.2) is 12.8 Å². The Labute approximate surface area is 129 Å². The molecule has 0 bridgehead atoms. The predicted molar refractivity (Wildman–Crippen MR) is 85.1 cm³/mol. The molecule has 4 nitrogen and oxygen atoms in total. The monoisotopic (exact) mass is 320 g/mol. The van der Waals surface area contributed by atoms with Gasteiger partial charge in [0.15, 0.2) is 0 Å². The molecule has 1 fully saturated rings. The Morgan fingerprint density at radius 1 is 0.955 bits per heavy atom. The number of nitrogens with zero attached hydrogens (tertiary/aromatic N) is 1. The summed E-state index contributed by atoms with van der Waals surface area (Å²) in [6.45, 7) is 2.06. The molecule has 0 aliphatic carbocycles. The van der Waals surface area contributed by atoms with E-state index in [-0.39, 0.29) is 4.90 Å². The number of anilines is 2. The highest BCUT2D eigenvalue weighted by Crippen LogP contribution is 2.24. The molecule has 22 heavy (non-hydrogen) atoms. The van der Waals surface area contributed by atoms with Crippen molar-refractivity contribution in [2.75, 3.05) is 22.7 Å². The summed E-state index contributed by atoms with van der Waals surface area (Å²) in [4.78, 5) is 1.91. The first-order valence-corrected chi connectivity index (χ1v) is 8.67. The fourth-order valence-corrected chi connectivity index (χ4v) is 3.73. The van der Waals surface area contributed by atoms with Gasteiger partial charge in [0, 0.05) is 24.5 Å². The van der Waals surface area contributed by atoms with Crippen molar-refractivity contribution in [3.63, 3.8) is 0 Å². The Bertz CT molecular complexity index is 754. The fourth-order valence-electron chi connectivity index (χ4n) is 2.59. The second kappa shape index (κ2) is 5.96. The third kappa shape index (κ3) is 3.06. The minimum atomic E-state index is -3.91. The molecule has 6 heteroatoms. The van der Waals surface area contributed by atoms with Gasteiger partial charge in [-0.2, -0.15) is 0 Å². The Morgan fingerprint density at radius 2 is 1.59 bits per heavy atom. The number of rotatable bonds is 4. The molecule has 2 aromatic rings. The lowest BCUT2D eigenvalue weighted by molar-refractivity contribution is 0.570. The van der Waals surface area contributed by atoms with E-state index in [1.165, 1.54) is 31.0 Å². The Hall–Kier alpha value is -2.08. The van der Waals surface area contributed by atoms with Crippen LogP contribution in [0.15, 0.2) is 53.4 Å². The lowest BCUT2D eigenvalue weighted by atomic mass is 10.2. The molecule has 1 aliphatic heterocycles. The minimum Gasteiger partial charge on any atom is -0.372 e. The first-order valence-electron chi connectivity index (χ1n) is 7.19. The predicted octanol–water partition coefficient (Wildman–Crippen LogP) is 3.23. The summed E-state index contributed by atoms with van der Waals surface area (Å²) in [5.41, 5.74) is 1.50. The highest BCUT2D eigenvalue weighted by Gasteiger charge is 2.19. The summed E-state index contributed by atoms with van der Waals surface area (Å²) in [6, 6.07) is 12.5. The first kappa shape index (κ1) is 14.8. The van der Waals surface area contributed by atoms with E-state index in [1.54, 1.807) is 12.1 Å². The summed E-state index contributed by atoms with van der Waals surface area (Å²) in [7, 11) is -3.91. The van der Waals surface area contributed by atoms with E-state index in [0.717, 1.165) is 24.8 Å². The van der Waals surface area contributed by atoms with Crippen LogP contribution in [0, 0.1) is 5.82 Å². The summed E-state index contributed by atoms with van der Waals surface area (Å²) < 4.78 is 40.4. The van der Waals surface area contributed by atoms with Gasteiger partial charge in [0.25, 0.3) is 10.0 Å². The van der Waals surface area contributed by atoms with Crippen molar-refractivity contribution < 1.29 is 12.8 Å². The fraction of sp³-hybridized carbons (Fsp3) is 0.250. The number of hydrogen-bond acceptors (Lipinski definition) is 3. The molecule has 1 saturated heterocycles. The zero-order valence-electron chi connectivity index (χ0n) is 12.0. The number of benzene rings is 2. The molecule has 0 atom stereocenters. The molecule has 1 heterocycles. The standard InChI is InChI=1S/C16H17FN2O2S/c17-15-5-1-2-6-16(15)22(20,21)18-13-7-9-14(10-8-13)19-11-3-4-12-19/h1-2,5-10,18H,3-4,11-12H2. The lowest BCUT2D eigenvalue weighted by Crippen LogP contribution is -2.18. The van der Waals surface area contributed by atoms with Crippen molar-refractivity contribution in [3.05, 3.63) is 54.3 Å². The molecule has 1 N–H and O–H groups in total. The summed E-state index contributed by atoms with van der Waals surface area (Å²) >= 11 is 0. The van der Waals surface area contributed by atoms with Crippen LogP contribution in [0.25, 0.3) is 0 Å². The van der Waals surface area contributed by atoms with Gasteiger partial charge in [-0.3, -0.25) is 4.72 Å². The molecule has 0 radical (unpaired) electrons. The van der Waals surface area contributed by atoms with E-state index in [4.69, 9.17) is 0 Å². The number of sulfonamides is 1. The van der Waals surface area contributed by atoms with E-state index in [0.29, 0.717) is 5.69 Å². The zero-order valence-corrected chi connectivity index (χ0v) is 12.8. The van der Waals surface area contributed by atoms with Crippen LogP contribution < -0.4 is 9.62 Å². The average Bonchev–Trinajstić information content (AvgIpc) is 3.02. The number of halogens is 1. The van der Waals surface area contributed by atoms with Crippen LogP contribution in [0.3, 0.4) is 0 Å². The molecule has 0 spiro atoms. The second-order valence-electron chi connectivity index (χ2n) is 5.28. The summed E-state index contributed by atoms with van der Waals surface area (Å²) in [6.07, 6.45) is 2.36. The maximum Gasteiger partial charge on any atom is 0.264 e. The number of nitrogens with one attached hydrogen (secondary N) is 1. The molecule has 0 unspecified atom stereocenters. The number of hydrogen-bond donors (Lipinski definition) is 1. The molecule has 3 rings (SSSR count).